The number of piperidine rings is 1. The molecule has 1 saturated heterocycles. The number of carbonyl (C=O) groups excluding carboxylic acids is 2. The van der Waals surface area contributed by atoms with Gasteiger partial charge in [-0.3, -0.25) is 9.78 Å². The van der Waals surface area contributed by atoms with Gasteiger partial charge in [-0.1, -0.05) is 12.1 Å². The molecule has 0 radical (unpaired) electrons. The third-order valence-corrected chi connectivity index (χ3v) is 5.73. The van der Waals surface area contributed by atoms with E-state index in [4.69, 9.17) is 9.72 Å². The predicted molar refractivity (Wildman–Crippen MR) is 100 cm³/mol. The fourth-order valence-corrected chi connectivity index (χ4v) is 4.26. The van der Waals surface area contributed by atoms with Crippen LogP contribution in [0.5, 0.6) is 0 Å². The fraction of sp³-hybridized carbons (Fsp3) is 0.316. The van der Waals surface area contributed by atoms with Crippen molar-refractivity contribution < 1.29 is 14.3 Å². The van der Waals surface area contributed by atoms with Crippen molar-refractivity contribution in [3.8, 4) is 0 Å². The Morgan fingerprint density at radius 3 is 2.96 bits per heavy atom. The van der Waals surface area contributed by atoms with Gasteiger partial charge >= 0.3 is 5.97 Å². The smallest absolute Gasteiger partial charge is 0.359 e. The zero-order chi connectivity index (χ0) is 18.6. The molecule has 138 valence electrons. The Morgan fingerprint density at radius 2 is 2.15 bits per heavy atom. The maximum absolute atomic E-state index is 12.5. The van der Waals surface area contributed by atoms with E-state index >= 15 is 0 Å². The van der Waals surface area contributed by atoms with Crippen LogP contribution in [-0.2, 0) is 9.53 Å². The molecule has 0 unspecified atom stereocenters. The number of para-hydroxylation sites is 1. The number of likely N-dealkylation sites (tertiary alicyclic amines) is 1. The van der Waals surface area contributed by atoms with Gasteiger partial charge in [-0.05, 0) is 25.0 Å². The molecule has 1 amide bonds. The van der Waals surface area contributed by atoms with Crippen LogP contribution in [0.25, 0.3) is 10.2 Å². The molecule has 0 bridgehead atoms. The van der Waals surface area contributed by atoms with Crippen molar-refractivity contribution in [1.82, 2.24) is 19.9 Å². The van der Waals surface area contributed by atoms with Gasteiger partial charge in [0.15, 0.2) is 12.3 Å². The van der Waals surface area contributed by atoms with Crippen molar-refractivity contribution >= 4 is 33.4 Å². The lowest BCUT2D eigenvalue weighted by atomic mass is 9.99. The molecule has 0 saturated carbocycles. The molecule has 0 aliphatic carbocycles. The van der Waals surface area contributed by atoms with E-state index in [0.717, 1.165) is 28.1 Å². The molecule has 3 heterocycles. The first kappa shape index (κ1) is 17.5. The molecule has 1 fully saturated rings. The SMILES string of the molecule is O=C(OCC(=O)N1CCC[C@@H](c2nc3ccccc3s2)C1)c1cnccn1. The Morgan fingerprint density at radius 1 is 1.26 bits per heavy atom. The summed E-state index contributed by atoms with van der Waals surface area (Å²) in [6, 6.07) is 8.06. The number of carbonyl (C=O) groups is 2. The van der Waals surface area contributed by atoms with Gasteiger partial charge < -0.3 is 9.64 Å². The van der Waals surface area contributed by atoms with Crippen LogP contribution in [-0.4, -0.2) is 51.4 Å². The van der Waals surface area contributed by atoms with Crippen LogP contribution in [0.2, 0.25) is 0 Å². The number of benzene rings is 1. The van der Waals surface area contributed by atoms with Crippen LogP contribution in [0, 0.1) is 0 Å². The van der Waals surface area contributed by atoms with Crippen molar-refractivity contribution in [2.45, 2.75) is 18.8 Å². The highest BCUT2D eigenvalue weighted by Crippen LogP contribution is 2.32. The number of hydrogen-bond acceptors (Lipinski definition) is 7. The minimum Gasteiger partial charge on any atom is -0.451 e. The second-order valence-corrected chi connectivity index (χ2v) is 7.43. The molecule has 1 aromatic carbocycles. The maximum atomic E-state index is 12.5. The molecule has 8 heteroatoms. The number of ether oxygens (including phenoxy) is 1. The second-order valence-electron chi connectivity index (χ2n) is 6.37. The van der Waals surface area contributed by atoms with E-state index < -0.39 is 5.97 Å². The first-order valence-corrected chi connectivity index (χ1v) is 9.59. The lowest BCUT2D eigenvalue weighted by Gasteiger charge is -2.31. The number of thiazole rings is 1. The van der Waals surface area contributed by atoms with Crippen LogP contribution in [0.15, 0.2) is 42.9 Å². The quantitative estimate of drug-likeness (QED) is 0.645. The lowest BCUT2D eigenvalue weighted by Crippen LogP contribution is -2.41. The van der Waals surface area contributed by atoms with E-state index in [9.17, 15) is 9.59 Å². The van der Waals surface area contributed by atoms with Crippen LogP contribution < -0.4 is 0 Å². The summed E-state index contributed by atoms with van der Waals surface area (Å²) in [5.74, 6) is -0.620. The molecule has 4 rings (SSSR count). The largest absolute Gasteiger partial charge is 0.451 e. The van der Waals surface area contributed by atoms with Gasteiger partial charge in [0, 0.05) is 31.4 Å². The topological polar surface area (TPSA) is 85.3 Å². The summed E-state index contributed by atoms with van der Waals surface area (Å²) in [6.45, 7) is 0.978. The molecule has 0 N–H and O–H groups in total. The first-order chi connectivity index (χ1) is 13.2. The highest BCUT2D eigenvalue weighted by Gasteiger charge is 2.27. The van der Waals surface area contributed by atoms with Gasteiger partial charge in [0.2, 0.25) is 0 Å². The summed E-state index contributed by atoms with van der Waals surface area (Å²) in [6.07, 6.45) is 6.10. The van der Waals surface area contributed by atoms with Crippen molar-refractivity contribution in [2.75, 3.05) is 19.7 Å². The molecule has 27 heavy (non-hydrogen) atoms. The third-order valence-electron chi connectivity index (χ3n) is 4.53. The van der Waals surface area contributed by atoms with Crippen molar-refractivity contribution in [3.05, 3.63) is 53.6 Å². The number of esters is 1. The van der Waals surface area contributed by atoms with Gasteiger partial charge in [-0.25, -0.2) is 14.8 Å². The predicted octanol–water partition coefficient (Wildman–Crippen LogP) is 2.65. The van der Waals surface area contributed by atoms with Crippen LogP contribution >= 0.6 is 11.3 Å². The fourth-order valence-electron chi connectivity index (χ4n) is 3.17. The Hall–Kier alpha value is -2.87. The molecular formula is C19H18N4O3S. The Bertz CT molecular complexity index is 927. The summed E-state index contributed by atoms with van der Waals surface area (Å²) < 4.78 is 6.25. The van der Waals surface area contributed by atoms with Gasteiger partial charge in [0.25, 0.3) is 5.91 Å². The monoisotopic (exact) mass is 382 g/mol. The van der Waals surface area contributed by atoms with Gasteiger partial charge in [-0.2, -0.15) is 0 Å². The summed E-state index contributed by atoms with van der Waals surface area (Å²) in [5.41, 5.74) is 1.09. The average Bonchev–Trinajstić information content (AvgIpc) is 3.17. The average molecular weight is 382 g/mol. The summed E-state index contributed by atoms with van der Waals surface area (Å²) in [5, 5.41) is 1.06. The molecule has 1 atom stereocenters. The van der Waals surface area contributed by atoms with Crippen molar-refractivity contribution in [1.29, 1.82) is 0 Å². The number of aromatic nitrogens is 3. The summed E-state index contributed by atoms with van der Waals surface area (Å²) in [4.78, 5) is 38.6. The molecule has 1 aliphatic rings. The summed E-state index contributed by atoms with van der Waals surface area (Å²) in [7, 11) is 0. The highest BCUT2D eigenvalue weighted by atomic mass is 32.1. The van der Waals surface area contributed by atoms with E-state index in [0.29, 0.717) is 13.1 Å². The standard InChI is InChI=1S/C19H18N4O3S/c24-17(12-26-19(25)15-10-20-7-8-21-15)23-9-3-4-13(11-23)18-22-14-5-1-2-6-16(14)27-18/h1-2,5-8,10,13H,3-4,9,11-12H2/t13-/m1/s1. The normalized spacial score (nSPS) is 17.0. The molecule has 2 aromatic heterocycles. The maximum Gasteiger partial charge on any atom is 0.359 e. The third kappa shape index (κ3) is 3.95. The Kier molecular flexibility index (Phi) is 5.06. The van der Waals surface area contributed by atoms with Gasteiger partial charge in [0.1, 0.15) is 0 Å². The number of hydrogen-bond donors (Lipinski definition) is 0. The Balaban J connectivity index is 1.37. The summed E-state index contributed by atoms with van der Waals surface area (Å²) >= 11 is 1.68. The minimum absolute atomic E-state index is 0.0938. The van der Waals surface area contributed by atoms with Crippen LogP contribution in [0.4, 0.5) is 0 Å². The number of fused-ring (bicyclic) bond motifs is 1. The number of rotatable bonds is 4. The second kappa shape index (κ2) is 7.79. The van der Waals surface area contributed by atoms with E-state index in [-0.39, 0.29) is 24.1 Å². The molecule has 7 nitrogen and oxygen atoms in total. The zero-order valence-electron chi connectivity index (χ0n) is 14.6. The van der Waals surface area contributed by atoms with E-state index in [1.54, 1.807) is 16.2 Å². The van der Waals surface area contributed by atoms with Crippen molar-refractivity contribution in [3.63, 3.8) is 0 Å². The van der Waals surface area contributed by atoms with E-state index in [1.807, 2.05) is 18.2 Å². The van der Waals surface area contributed by atoms with Crippen molar-refractivity contribution in [2.24, 2.45) is 0 Å². The lowest BCUT2D eigenvalue weighted by molar-refractivity contribution is -0.135. The van der Waals surface area contributed by atoms with Crippen LogP contribution in [0.1, 0.15) is 34.3 Å². The van der Waals surface area contributed by atoms with Gasteiger partial charge in [0.05, 0.1) is 21.4 Å². The molecule has 3 aromatic rings. The highest BCUT2D eigenvalue weighted by molar-refractivity contribution is 7.18. The zero-order valence-corrected chi connectivity index (χ0v) is 15.4. The number of nitrogens with zero attached hydrogens (tertiary/aromatic N) is 4. The Labute approximate surface area is 160 Å². The molecule has 0 spiro atoms. The van der Waals surface area contributed by atoms with Gasteiger partial charge in [-0.15, -0.1) is 11.3 Å². The van der Waals surface area contributed by atoms with E-state index in [1.165, 1.54) is 18.6 Å². The first-order valence-electron chi connectivity index (χ1n) is 8.77. The molecular weight excluding hydrogens is 364 g/mol. The van der Waals surface area contributed by atoms with Crippen LogP contribution in [0.3, 0.4) is 0 Å². The number of amides is 1. The van der Waals surface area contributed by atoms with E-state index in [2.05, 4.69) is 16.0 Å². The molecule has 1 aliphatic heterocycles. The minimum atomic E-state index is -0.642.